The molecular weight excluding hydrogens is 496 g/mol. The zero-order valence-electron chi connectivity index (χ0n) is 20.0. The first-order chi connectivity index (χ1) is 17.8. The molecule has 5 rings (SSSR count). The Bertz CT molecular complexity index is 1650. The van der Waals surface area contributed by atoms with E-state index in [9.17, 15) is 13.2 Å². The molecular formula is C25H24N6O5S. The maximum Gasteiger partial charge on any atom is 0.298 e. The predicted molar refractivity (Wildman–Crippen MR) is 135 cm³/mol. The summed E-state index contributed by atoms with van der Waals surface area (Å²) in [5.74, 6) is 2.07. The summed E-state index contributed by atoms with van der Waals surface area (Å²) in [6.45, 7) is 3.53. The number of fused-ring (bicyclic) bond motifs is 2. The molecule has 1 amide bonds. The van der Waals surface area contributed by atoms with Crippen LogP contribution < -0.4 is 15.2 Å². The van der Waals surface area contributed by atoms with E-state index < -0.39 is 10.0 Å². The van der Waals surface area contributed by atoms with Gasteiger partial charge in [0.2, 0.25) is 0 Å². The van der Waals surface area contributed by atoms with Crippen molar-refractivity contribution in [1.82, 2.24) is 19.8 Å². The number of aryl methyl sites for hydroxylation is 1. The van der Waals surface area contributed by atoms with Crippen LogP contribution in [0.25, 0.3) is 11.0 Å². The number of nitrogens with zero attached hydrogens (tertiary/aromatic N) is 4. The summed E-state index contributed by atoms with van der Waals surface area (Å²) in [7, 11) is -4.02. The van der Waals surface area contributed by atoms with Gasteiger partial charge in [0.15, 0.2) is 11.4 Å². The van der Waals surface area contributed by atoms with Crippen LogP contribution in [0.15, 0.2) is 52.0 Å². The van der Waals surface area contributed by atoms with Gasteiger partial charge in [0.25, 0.3) is 15.9 Å². The second kappa shape index (κ2) is 9.61. The topological polar surface area (TPSA) is 146 Å². The number of aromatic nitrogens is 3. The zero-order valence-corrected chi connectivity index (χ0v) is 20.8. The van der Waals surface area contributed by atoms with E-state index in [1.54, 1.807) is 35.4 Å². The number of benzene rings is 2. The highest BCUT2D eigenvalue weighted by Crippen LogP contribution is 2.32. The van der Waals surface area contributed by atoms with Crippen molar-refractivity contribution in [3.63, 3.8) is 0 Å². The van der Waals surface area contributed by atoms with E-state index in [1.165, 1.54) is 6.07 Å². The standard InChI is InChI=1S/C25H24N6O5S/c1-3-23(32)30-14-18-12-27-31(19(18)15-30)13-17-10-16(2)24-21(11-17)36-28-25(24)29-37(33,34)22-7-5-4-6-20(22)35-9-8-26/h1,4-7,10-12H,8-9,13-15,26H2,2H3,(H,28,29). The van der Waals surface area contributed by atoms with Crippen LogP contribution in [0.3, 0.4) is 0 Å². The number of carbonyl (C=O) groups is 1. The molecule has 4 aromatic rings. The van der Waals surface area contributed by atoms with Crippen molar-refractivity contribution in [1.29, 1.82) is 0 Å². The Hall–Kier alpha value is -4.34. The molecule has 3 N–H and O–H groups in total. The lowest BCUT2D eigenvalue weighted by Gasteiger charge is -2.13. The summed E-state index contributed by atoms with van der Waals surface area (Å²) in [5, 5.41) is 8.98. The van der Waals surface area contributed by atoms with Gasteiger partial charge in [0, 0.05) is 12.1 Å². The molecule has 0 spiro atoms. The third-order valence-corrected chi connectivity index (χ3v) is 7.43. The molecule has 0 unspecified atom stereocenters. The van der Waals surface area contributed by atoms with Crippen molar-refractivity contribution in [2.75, 3.05) is 17.9 Å². The van der Waals surface area contributed by atoms with Crippen molar-refractivity contribution in [3.8, 4) is 18.1 Å². The highest BCUT2D eigenvalue weighted by Gasteiger charge is 2.27. The van der Waals surface area contributed by atoms with Crippen LogP contribution in [0.4, 0.5) is 5.82 Å². The fourth-order valence-corrected chi connectivity index (χ4v) is 5.55. The number of hydrogen-bond donors (Lipinski definition) is 2. The van der Waals surface area contributed by atoms with Crippen LogP contribution in [-0.4, -0.2) is 47.3 Å². The van der Waals surface area contributed by atoms with Crippen LogP contribution in [0.1, 0.15) is 22.4 Å². The Balaban J connectivity index is 1.40. The number of amides is 1. The molecule has 12 heteroatoms. The average molecular weight is 521 g/mol. The minimum Gasteiger partial charge on any atom is -0.491 e. The molecule has 2 aromatic heterocycles. The number of anilines is 1. The molecule has 0 saturated heterocycles. The third-order valence-electron chi connectivity index (χ3n) is 6.06. The fourth-order valence-electron chi connectivity index (χ4n) is 4.40. The molecule has 2 aromatic carbocycles. The highest BCUT2D eigenvalue weighted by molar-refractivity contribution is 7.92. The predicted octanol–water partition coefficient (Wildman–Crippen LogP) is 1.99. The van der Waals surface area contributed by atoms with E-state index in [-0.39, 0.29) is 35.5 Å². The number of rotatable bonds is 8. The molecule has 11 nitrogen and oxygen atoms in total. The van der Waals surface area contributed by atoms with Gasteiger partial charge in [0.05, 0.1) is 36.9 Å². The quantitative estimate of drug-likeness (QED) is 0.336. The summed E-state index contributed by atoms with van der Waals surface area (Å²) < 4.78 is 41.7. The molecule has 0 atom stereocenters. The lowest BCUT2D eigenvalue weighted by Crippen LogP contribution is -2.24. The summed E-state index contributed by atoms with van der Waals surface area (Å²) in [6, 6.07) is 10.0. The Morgan fingerprint density at radius 1 is 1.30 bits per heavy atom. The summed E-state index contributed by atoms with van der Waals surface area (Å²) in [5.41, 5.74) is 9.43. The summed E-state index contributed by atoms with van der Waals surface area (Å²) >= 11 is 0. The Kier molecular flexibility index (Phi) is 6.32. The first-order valence-corrected chi connectivity index (χ1v) is 12.9. The van der Waals surface area contributed by atoms with E-state index in [1.807, 2.05) is 17.7 Å². The van der Waals surface area contributed by atoms with Gasteiger partial charge in [-0.2, -0.15) is 5.10 Å². The van der Waals surface area contributed by atoms with Crippen molar-refractivity contribution in [3.05, 3.63) is 65.0 Å². The monoisotopic (exact) mass is 520 g/mol. The Labute approximate surface area is 213 Å². The van der Waals surface area contributed by atoms with Crippen LogP contribution in [0.5, 0.6) is 5.75 Å². The molecule has 0 bridgehead atoms. The maximum absolute atomic E-state index is 13.2. The molecule has 37 heavy (non-hydrogen) atoms. The van der Waals surface area contributed by atoms with E-state index in [0.29, 0.717) is 30.6 Å². The number of nitrogens with one attached hydrogen (secondary N) is 1. The smallest absolute Gasteiger partial charge is 0.298 e. The number of ether oxygens (including phenoxy) is 1. The largest absolute Gasteiger partial charge is 0.491 e. The van der Waals surface area contributed by atoms with Crippen molar-refractivity contribution in [2.45, 2.75) is 31.5 Å². The van der Waals surface area contributed by atoms with Crippen LogP contribution in [0.2, 0.25) is 0 Å². The molecule has 0 radical (unpaired) electrons. The number of terminal acetylenes is 1. The molecule has 1 aliphatic rings. The van der Waals surface area contributed by atoms with E-state index in [0.717, 1.165) is 22.4 Å². The van der Waals surface area contributed by atoms with Gasteiger partial charge in [-0.3, -0.25) is 14.2 Å². The van der Waals surface area contributed by atoms with E-state index >= 15 is 0 Å². The summed E-state index contributed by atoms with van der Waals surface area (Å²) in [6.07, 6.45) is 6.99. The zero-order chi connectivity index (χ0) is 26.2. The number of nitrogens with two attached hydrogens (primary N) is 1. The van der Waals surface area contributed by atoms with E-state index in [4.69, 9.17) is 21.4 Å². The van der Waals surface area contributed by atoms with Gasteiger partial charge in [-0.25, -0.2) is 8.42 Å². The third kappa shape index (κ3) is 4.62. The molecule has 0 aliphatic carbocycles. The fraction of sp³-hybridized carbons (Fsp3) is 0.240. The molecule has 1 aliphatic heterocycles. The SMILES string of the molecule is C#CC(=O)N1Cc2cnn(Cc3cc(C)c4c(NS(=O)(=O)c5ccccc5OCCN)noc4c3)c2C1. The first-order valence-electron chi connectivity index (χ1n) is 11.4. The van der Waals surface area contributed by atoms with Gasteiger partial charge in [-0.05, 0) is 42.2 Å². The second-order valence-corrected chi connectivity index (χ2v) is 10.2. The molecule has 3 heterocycles. The van der Waals surface area contributed by atoms with Crippen LogP contribution in [0, 0.1) is 19.3 Å². The van der Waals surface area contributed by atoms with Crippen molar-refractivity contribution >= 4 is 32.7 Å². The van der Waals surface area contributed by atoms with E-state index in [2.05, 4.69) is 20.9 Å². The van der Waals surface area contributed by atoms with Crippen LogP contribution >= 0.6 is 0 Å². The lowest BCUT2D eigenvalue weighted by molar-refractivity contribution is -0.125. The van der Waals surface area contributed by atoms with Crippen molar-refractivity contribution in [2.24, 2.45) is 5.73 Å². The summed E-state index contributed by atoms with van der Waals surface area (Å²) in [4.78, 5) is 13.4. The number of para-hydroxylation sites is 1. The average Bonchev–Trinajstić information content (AvgIpc) is 3.58. The van der Waals surface area contributed by atoms with Crippen LogP contribution in [-0.2, 0) is 34.5 Å². The minimum absolute atomic E-state index is 0.0289. The van der Waals surface area contributed by atoms with Gasteiger partial charge in [-0.1, -0.05) is 23.4 Å². The Morgan fingerprint density at radius 2 is 2.11 bits per heavy atom. The van der Waals surface area contributed by atoms with Gasteiger partial charge < -0.3 is 19.9 Å². The normalized spacial score (nSPS) is 12.9. The van der Waals surface area contributed by atoms with Gasteiger partial charge >= 0.3 is 0 Å². The number of sulfonamides is 1. The molecule has 190 valence electrons. The van der Waals surface area contributed by atoms with Crippen molar-refractivity contribution < 1.29 is 22.5 Å². The molecule has 0 fully saturated rings. The number of carbonyl (C=O) groups excluding carboxylic acids is 1. The van der Waals surface area contributed by atoms with Gasteiger partial charge in [-0.15, -0.1) is 6.42 Å². The van der Waals surface area contributed by atoms with Gasteiger partial charge in [0.1, 0.15) is 17.3 Å². The highest BCUT2D eigenvalue weighted by atomic mass is 32.2. The minimum atomic E-state index is -4.02. The number of hydrogen-bond acceptors (Lipinski definition) is 8. The molecule has 0 saturated carbocycles. The maximum atomic E-state index is 13.2. The Morgan fingerprint density at radius 3 is 2.89 bits per heavy atom. The lowest BCUT2D eigenvalue weighted by atomic mass is 10.1. The first kappa shape index (κ1) is 24.4. The second-order valence-electron chi connectivity index (χ2n) is 8.59.